The van der Waals surface area contributed by atoms with E-state index in [9.17, 15) is 14.4 Å². The summed E-state index contributed by atoms with van der Waals surface area (Å²) in [5, 5.41) is 8.32. The molecular weight excluding hydrogens is 308 g/mol. The highest BCUT2D eigenvalue weighted by molar-refractivity contribution is 6.00. The molecule has 1 aliphatic heterocycles. The van der Waals surface area contributed by atoms with Crippen LogP contribution in [0.3, 0.4) is 0 Å². The Balaban J connectivity index is 1.69. The van der Waals surface area contributed by atoms with Gasteiger partial charge < -0.3 is 10.2 Å². The van der Waals surface area contributed by atoms with Crippen LogP contribution in [0.2, 0.25) is 0 Å². The van der Waals surface area contributed by atoms with Gasteiger partial charge in [0.25, 0.3) is 11.5 Å². The summed E-state index contributed by atoms with van der Waals surface area (Å²) >= 11 is 0. The first-order valence-electron chi connectivity index (χ1n) is 7.86. The number of aromatic nitrogens is 2. The van der Waals surface area contributed by atoms with E-state index >= 15 is 0 Å². The maximum Gasteiger partial charge on any atom is 0.264 e. The molecular formula is C17H18N4O3. The van der Waals surface area contributed by atoms with Crippen molar-refractivity contribution in [2.75, 3.05) is 18.0 Å². The molecule has 0 saturated heterocycles. The van der Waals surface area contributed by atoms with Gasteiger partial charge in [0.2, 0.25) is 5.91 Å². The number of benzene rings is 1. The second kappa shape index (κ2) is 7.08. The van der Waals surface area contributed by atoms with E-state index < -0.39 is 11.5 Å². The van der Waals surface area contributed by atoms with Crippen molar-refractivity contribution in [1.29, 1.82) is 0 Å². The number of fused-ring (bicyclic) bond motifs is 1. The largest absolute Gasteiger partial charge is 0.343 e. The quantitative estimate of drug-likeness (QED) is 0.875. The highest BCUT2D eigenvalue weighted by atomic mass is 16.2. The Morgan fingerprint density at radius 1 is 1.25 bits per heavy atom. The molecule has 0 saturated carbocycles. The van der Waals surface area contributed by atoms with Crippen LogP contribution in [0.15, 0.2) is 41.3 Å². The Hall–Kier alpha value is -2.96. The zero-order valence-corrected chi connectivity index (χ0v) is 13.1. The lowest BCUT2D eigenvalue weighted by Gasteiger charge is -2.23. The number of hydrogen-bond acceptors (Lipinski definition) is 4. The molecule has 124 valence electrons. The monoisotopic (exact) mass is 326 g/mol. The van der Waals surface area contributed by atoms with Gasteiger partial charge in [0.15, 0.2) is 0 Å². The SMILES string of the molecule is O=C(NCC(=O)N1CCCCc2ccccc21)c1cn[nH]c(=O)c1. The molecule has 0 radical (unpaired) electrons. The van der Waals surface area contributed by atoms with Crippen molar-refractivity contribution in [3.8, 4) is 0 Å². The number of rotatable bonds is 3. The molecule has 2 aromatic rings. The van der Waals surface area contributed by atoms with Crippen LogP contribution in [0.5, 0.6) is 0 Å². The standard InChI is InChI=1S/C17H18N4O3/c22-15-9-13(10-19-20-15)17(24)18-11-16(23)21-8-4-3-6-12-5-1-2-7-14(12)21/h1-2,5,7,9-10H,3-4,6,8,11H2,(H,18,24)(H,20,22). The zero-order valence-electron chi connectivity index (χ0n) is 13.1. The predicted octanol–water partition coefficient (Wildman–Crippen LogP) is 0.869. The molecule has 2 heterocycles. The van der Waals surface area contributed by atoms with Gasteiger partial charge in [-0.25, -0.2) is 5.10 Å². The lowest BCUT2D eigenvalue weighted by Crippen LogP contribution is -2.41. The number of aromatic amines is 1. The van der Waals surface area contributed by atoms with E-state index in [1.807, 2.05) is 24.3 Å². The van der Waals surface area contributed by atoms with Crippen LogP contribution < -0.4 is 15.8 Å². The summed E-state index contributed by atoms with van der Waals surface area (Å²) in [4.78, 5) is 37.5. The smallest absolute Gasteiger partial charge is 0.264 e. The van der Waals surface area contributed by atoms with Gasteiger partial charge in [-0.3, -0.25) is 14.4 Å². The van der Waals surface area contributed by atoms with Gasteiger partial charge in [0, 0.05) is 18.3 Å². The van der Waals surface area contributed by atoms with E-state index in [4.69, 9.17) is 0 Å². The van der Waals surface area contributed by atoms with E-state index in [0.717, 1.165) is 36.6 Å². The Morgan fingerprint density at radius 3 is 2.92 bits per heavy atom. The van der Waals surface area contributed by atoms with Crippen molar-refractivity contribution in [3.63, 3.8) is 0 Å². The molecule has 0 atom stereocenters. The maximum atomic E-state index is 12.5. The summed E-state index contributed by atoms with van der Waals surface area (Å²) in [5.41, 5.74) is 1.72. The topological polar surface area (TPSA) is 95.2 Å². The fourth-order valence-electron chi connectivity index (χ4n) is 2.80. The number of nitrogens with one attached hydrogen (secondary N) is 2. The van der Waals surface area contributed by atoms with Gasteiger partial charge >= 0.3 is 0 Å². The van der Waals surface area contributed by atoms with Crippen LogP contribution in [-0.2, 0) is 11.2 Å². The van der Waals surface area contributed by atoms with Crippen molar-refractivity contribution in [2.45, 2.75) is 19.3 Å². The fourth-order valence-corrected chi connectivity index (χ4v) is 2.80. The molecule has 0 bridgehead atoms. The molecule has 3 rings (SSSR count). The molecule has 1 aromatic carbocycles. The number of H-pyrrole nitrogens is 1. The number of amides is 2. The third-order valence-electron chi connectivity index (χ3n) is 3.99. The summed E-state index contributed by atoms with van der Waals surface area (Å²) in [6.45, 7) is 0.512. The van der Waals surface area contributed by atoms with E-state index in [0.29, 0.717) is 6.54 Å². The number of aryl methyl sites for hydroxylation is 1. The summed E-state index contributed by atoms with van der Waals surface area (Å²) in [5.74, 6) is -0.666. The molecule has 2 amide bonds. The van der Waals surface area contributed by atoms with Crippen molar-refractivity contribution in [3.05, 3.63) is 58.0 Å². The van der Waals surface area contributed by atoms with Crippen LogP contribution >= 0.6 is 0 Å². The molecule has 1 aliphatic rings. The number of para-hydroxylation sites is 1. The van der Waals surface area contributed by atoms with Gasteiger partial charge in [0.1, 0.15) is 0 Å². The van der Waals surface area contributed by atoms with Crippen LogP contribution in [0, 0.1) is 0 Å². The van der Waals surface area contributed by atoms with Crippen molar-refractivity contribution in [1.82, 2.24) is 15.5 Å². The zero-order chi connectivity index (χ0) is 16.9. The minimum atomic E-state index is -0.495. The first kappa shape index (κ1) is 15.9. The fraction of sp³-hybridized carbons (Fsp3) is 0.294. The minimum Gasteiger partial charge on any atom is -0.343 e. The normalized spacial score (nSPS) is 13.8. The summed E-state index contributed by atoms with van der Waals surface area (Å²) < 4.78 is 0. The molecule has 1 aromatic heterocycles. The third-order valence-corrected chi connectivity index (χ3v) is 3.99. The molecule has 7 nitrogen and oxygen atoms in total. The summed E-state index contributed by atoms with van der Waals surface area (Å²) in [6, 6.07) is 8.98. The number of carbonyl (C=O) groups is 2. The number of hydrogen-bond donors (Lipinski definition) is 2. The highest BCUT2D eigenvalue weighted by Gasteiger charge is 2.21. The molecule has 0 spiro atoms. The first-order valence-corrected chi connectivity index (χ1v) is 7.86. The molecule has 7 heteroatoms. The molecule has 24 heavy (non-hydrogen) atoms. The van der Waals surface area contributed by atoms with E-state index in [-0.39, 0.29) is 18.0 Å². The summed E-state index contributed by atoms with van der Waals surface area (Å²) in [6.07, 6.45) is 4.16. The van der Waals surface area contributed by atoms with Crippen LogP contribution in [0.1, 0.15) is 28.8 Å². The lowest BCUT2D eigenvalue weighted by molar-refractivity contribution is -0.117. The first-order chi connectivity index (χ1) is 11.6. The molecule has 0 aliphatic carbocycles. The van der Waals surface area contributed by atoms with Crippen molar-refractivity contribution >= 4 is 17.5 Å². The number of nitrogens with zero attached hydrogens (tertiary/aromatic N) is 2. The van der Waals surface area contributed by atoms with Crippen LogP contribution in [-0.4, -0.2) is 35.1 Å². The number of carbonyl (C=O) groups excluding carboxylic acids is 2. The molecule has 0 fully saturated rings. The van der Waals surface area contributed by atoms with E-state index in [2.05, 4.69) is 15.5 Å². The average molecular weight is 326 g/mol. The molecule has 0 unspecified atom stereocenters. The Morgan fingerprint density at radius 2 is 2.08 bits per heavy atom. The second-order valence-electron chi connectivity index (χ2n) is 5.65. The van der Waals surface area contributed by atoms with E-state index in [1.165, 1.54) is 6.20 Å². The Bertz CT molecular complexity index is 815. The maximum absolute atomic E-state index is 12.5. The van der Waals surface area contributed by atoms with Gasteiger partial charge in [0.05, 0.1) is 18.3 Å². The minimum absolute atomic E-state index is 0.125. The van der Waals surface area contributed by atoms with Gasteiger partial charge in [-0.2, -0.15) is 5.10 Å². The lowest BCUT2D eigenvalue weighted by atomic mass is 10.1. The van der Waals surface area contributed by atoms with Crippen molar-refractivity contribution in [2.24, 2.45) is 0 Å². The van der Waals surface area contributed by atoms with Gasteiger partial charge in [-0.05, 0) is 30.9 Å². The number of anilines is 1. The van der Waals surface area contributed by atoms with Crippen LogP contribution in [0.25, 0.3) is 0 Å². The van der Waals surface area contributed by atoms with Crippen LogP contribution in [0.4, 0.5) is 5.69 Å². The second-order valence-corrected chi connectivity index (χ2v) is 5.65. The third kappa shape index (κ3) is 3.51. The van der Waals surface area contributed by atoms with Gasteiger partial charge in [-0.15, -0.1) is 0 Å². The summed E-state index contributed by atoms with van der Waals surface area (Å²) in [7, 11) is 0. The van der Waals surface area contributed by atoms with Crippen molar-refractivity contribution < 1.29 is 9.59 Å². The average Bonchev–Trinajstić information content (AvgIpc) is 2.82. The Kier molecular flexibility index (Phi) is 4.69. The molecule has 2 N–H and O–H groups in total. The van der Waals surface area contributed by atoms with Gasteiger partial charge in [-0.1, -0.05) is 18.2 Å². The highest BCUT2D eigenvalue weighted by Crippen LogP contribution is 2.25. The Labute approximate surface area is 138 Å². The van der Waals surface area contributed by atoms with E-state index in [1.54, 1.807) is 4.90 Å². The predicted molar refractivity (Wildman–Crippen MR) is 88.9 cm³/mol.